The fraction of sp³-hybridized carbons (Fsp3) is 0.0714. The number of carbonyl (C=O) groups is 1. The molecule has 0 aromatic heterocycles. The molecule has 2 rings (SSSR count). The van der Waals surface area contributed by atoms with E-state index in [0.29, 0.717) is 15.9 Å². The third kappa shape index (κ3) is 3.30. The van der Waals surface area contributed by atoms with Gasteiger partial charge in [0.15, 0.2) is 5.75 Å². The van der Waals surface area contributed by atoms with E-state index in [0.717, 1.165) is 4.47 Å². The summed E-state index contributed by atoms with van der Waals surface area (Å²) in [6, 6.07) is 8.03. The Morgan fingerprint density at radius 3 is 2.67 bits per heavy atom. The van der Waals surface area contributed by atoms with Crippen LogP contribution in [0.2, 0.25) is 0 Å². The van der Waals surface area contributed by atoms with Gasteiger partial charge >= 0.3 is 0 Å². The zero-order valence-corrected chi connectivity index (χ0v) is 14.2. The number of hydrogen-bond acceptors (Lipinski definition) is 4. The number of amides is 1. The van der Waals surface area contributed by atoms with Crippen molar-refractivity contribution in [1.29, 1.82) is 0 Å². The van der Waals surface area contributed by atoms with E-state index in [2.05, 4.69) is 37.2 Å². The van der Waals surface area contributed by atoms with Gasteiger partial charge in [0.25, 0.3) is 5.91 Å². The number of aromatic hydroxyl groups is 1. The van der Waals surface area contributed by atoms with E-state index in [4.69, 9.17) is 10.5 Å². The van der Waals surface area contributed by atoms with Crippen molar-refractivity contribution < 1.29 is 14.6 Å². The van der Waals surface area contributed by atoms with Crippen LogP contribution in [0.25, 0.3) is 0 Å². The SMILES string of the molecule is COc1cc(NC(=O)c2cccc(N)c2O)c(Br)cc1Br. The molecule has 0 saturated heterocycles. The van der Waals surface area contributed by atoms with Gasteiger partial charge in [-0.2, -0.15) is 0 Å². The van der Waals surface area contributed by atoms with Crippen molar-refractivity contribution in [3.63, 3.8) is 0 Å². The number of methoxy groups -OCH3 is 1. The molecule has 0 aliphatic heterocycles. The summed E-state index contributed by atoms with van der Waals surface area (Å²) in [6.45, 7) is 0. The lowest BCUT2D eigenvalue weighted by atomic mass is 10.1. The second-order valence-corrected chi connectivity index (χ2v) is 5.87. The van der Waals surface area contributed by atoms with Crippen LogP contribution < -0.4 is 15.8 Å². The van der Waals surface area contributed by atoms with Gasteiger partial charge in [0.1, 0.15) is 5.75 Å². The largest absolute Gasteiger partial charge is 0.505 e. The minimum Gasteiger partial charge on any atom is -0.505 e. The van der Waals surface area contributed by atoms with Crippen LogP contribution in [-0.4, -0.2) is 18.1 Å². The van der Waals surface area contributed by atoms with E-state index in [-0.39, 0.29) is 17.0 Å². The summed E-state index contributed by atoms with van der Waals surface area (Å²) < 4.78 is 6.61. The number of hydrogen-bond donors (Lipinski definition) is 3. The molecule has 1 amide bonds. The van der Waals surface area contributed by atoms with Gasteiger partial charge in [0.05, 0.1) is 28.5 Å². The van der Waals surface area contributed by atoms with E-state index in [1.165, 1.54) is 19.2 Å². The van der Waals surface area contributed by atoms with Gasteiger partial charge in [-0.15, -0.1) is 0 Å². The average Bonchev–Trinajstić information content (AvgIpc) is 2.44. The predicted molar refractivity (Wildman–Crippen MR) is 88.9 cm³/mol. The number of para-hydroxylation sites is 1. The van der Waals surface area contributed by atoms with Gasteiger partial charge < -0.3 is 20.9 Å². The summed E-state index contributed by atoms with van der Waals surface area (Å²) in [5, 5.41) is 12.5. The maximum Gasteiger partial charge on any atom is 0.259 e. The van der Waals surface area contributed by atoms with Crippen molar-refractivity contribution in [1.82, 2.24) is 0 Å². The number of phenols is 1. The van der Waals surface area contributed by atoms with Gasteiger partial charge in [0, 0.05) is 10.5 Å². The van der Waals surface area contributed by atoms with Crippen LogP contribution in [0.1, 0.15) is 10.4 Å². The van der Waals surface area contributed by atoms with Crippen molar-refractivity contribution >= 4 is 49.1 Å². The molecule has 0 unspecified atom stereocenters. The first kappa shape index (κ1) is 15.7. The van der Waals surface area contributed by atoms with E-state index in [1.807, 2.05) is 0 Å². The Labute approximate surface area is 138 Å². The first-order valence-electron chi connectivity index (χ1n) is 5.86. The number of phenolic OH excluding ortho intramolecular Hbond substituents is 1. The summed E-state index contributed by atoms with van der Waals surface area (Å²) in [6.07, 6.45) is 0. The Morgan fingerprint density at radius 1 is 1.29 bits per heavy atom. The Kier molecular flexibility index (Phi) is 4.74. The lowest BCUT2D eigenvalue weighted by Gasteiger charge is -2.12. The van der Waals surface area contributed by atoms with Gasteiger partial charge in [-0.3, -0.25) is 4.79 Å². The Hall–Kier alpha value is -1.73. The van der Waals surface area contributed by atoms with E-state index in [1.54, 1.807) is 18.2 Å². The summed E-state index contributed by atoms with van der Waals surface area (Å²) in [7, 11) is 1.53. The van der Waals surface area contributed by atoms with Crippen molar-refractivity contribution in [3.05, 3.63) is 44.8 Å². The van der Waals surface area contributed by atoms with Gasteiger partial charge in [-0.05, 0) is 50.1 Å². The zero-order valence-electron chi connectivity index (χ0n) is 11.0. The summed E-state index contributed by atoms with van der Waals surface area (Å²) in [5.74, 6) is -0.134. The zero-order chi connectivity index (χ0) is 15.6. The number of anilines is 2. The van der Waals surface area contributed by atoms with Crippen molar-refractivity contribution in [2.45, 2.75) is 0 Å². The van der Waals surface area contributed by atoms with Gasteiger partial charge in [0.2, 0.25) is 0 Å². The lowest BCUT2D eigenvalue weighted by Crippen LogP contribution is -2.13. The highest BCUT2D eigenvalue weighted by Crippen LogP contribution is 2.35. The molecule has 0 heterocycles. The van der Waals surface area contributed by atoms with Crippen LogP contribution in [0.15, 0.2) is 39.3 Å². The van der Waals surface area contributed by atoms with Gasteiger partial charge in [-0.1, -0.05) is 6.07 Å². The van der Waals surface area contributed by atoms with E-state index >= 15 is 0 Å². The fourth-order valence-electron chi connectivity index (χ4n) is 1.72. The molecular formula is C14H12Br2N2O3. The molecule has 2 aromatic carbocycles. The quantitative estimate of drug-likeness (QED) is 0.526. The monoisotopic (exact) mass is 414 g/mol. The van der Waals surface area contributed by atoms with Crippen LogP contribution in [0.4, 0.5) is 11.4 Å². The van der Waals surface area contributed by atoms with Crippen molar-refractivity contribution in [2.24, 2.45) is 0 Å². The molecular weight excluding hydrogens is 404 g/mol. The highest BCUT2D eigenvalue weighted by atomic mass is 79.9. The van der Waals surface area contributed by atoms with E-state index in [9.17, 15) is 9.90 Å². The number of rotatable bonds is 3. The van der Waals surface area contributed by atoms with E-state index < -0.39 is 5.91 Å². The normalized spacial score (nSPS) is 10.2. The fourth-order valence-corrected chi connectivity index (χ4v) is 2.97. The Bertz CT molecular complexity index is 705. The molecule has 0 aliphatic carbocycles. The molecule has 2 aromatic rings. The van der Waals surface area contributed by atoms with Crippen LogP contribution in [-0.2, 0) is 0 Å². The van der Waals surface area contributed by atoms with Crippen molar-refractivity contribution in [3.8, 4) is 11.5 Å². The second-order valence-electron chi connectivity index (χ2n) is 4.16. The van der Waals surface area contributed by atoms with Crippen molar-refractivity contribution in [2.75, 3.05) is 18.2 Å². The highest BCUT2D eigenvalue weighted by molar-refractivity contribution is 9.11. The average molecular weight is 416 g/mol. The van der Waals surface area contributed by atoms with Crippen LogP contribution >= 0.6 is 31.9 Å². The number of benzene rings is 2. The van der Waals surface area contributed by atoms with Crippen LogP contribution in [0.5, 0.6) is 11.5 Å². The summed E-state index contributed by atoms with van der Waals surface area (Å²) >= 11 is 6.71. The number of ether oxygens (including phenoxy) is 1. The second kappa shape index (κ2) is 6.36. The lowest BCUT2D eigenvalue weighted by molar-refractivity contribution is 0.102. The van der Waals surface area contributed by atoms with Crippen LogP contribution in [0, 0.1) is 0 Å². The predicted octanol–water partition coefficient (Wildman–Crippen LogP) is 3.76. The molecule has 0 spiro atoms. The number of nitrogens with two attached hydrogens (primary N) is 1. The molecule has 110 valence electrons. The maximum absolute atomic E-state index is 12.2. The van der Waals surface area contributed by atoms with Crippen LogP contribution in [0.3, 0.4) is 0 Å². The summed E-state index contributed by atoms with van der Waals surface area (Å²) in [5.41, 5.74) is 6.35. The Balaban J connectivity index is 2.34. The first-order valence-corrected chi connectivity index (χ1v) is 7.44. The molecule has 21 heavy (non-hydrogen) atoms. The molecule has 4 N–H and O–H groups in total. The minimum absolute atomic E-state index is 0.101. The standard InChI is InChI=1S/C14H12Br2N2O3/c1-21-12-6-11(8(15)5-9(12)16)18-14(20)7-3-2-4-10(17)13(7)19/h2-6,19H,17H2,1H3,(H,18,20). The molecule has 0 radical (unpaired) electrons. The molecule has 0 aliphatic rings. The number of halogens is 2. The molecule has 5 nitrogen and oxygen atoms in total. The molecule has 0 atom stereocenters. The molecule has 0 bridgehead atoms. The summed E-state index contributed by atoms with van der Waals surface area (Å²) in [4.78, 5) is 12.2. The maximum atomic E-state index is 12.2. The highest BCUT2D eigenvalue weighted by Gasteiger charge is 2.15. The third-order valence-electron chi connectivity index (χ3n) is 2.80. The minimum atomic E-state index is -0.468. The first-order chi connectivity index (χ1) is 9.93. The topological polar surface area (TPSA) is 84.6 Å². The third-order valence-corrected chi connectivity index (χ3v) is 4.08. The molecule has 0 fully saturated rings. The number of nitrogens with one attached hydrogen (secondary N) is 1. The molecule has 7 heteroatoms. The molecule has 0 saturated carbocycles. The smallest absolute Gasteiger partial charge is 0.259 e. The number of carbonyl (C=O) groups excluding carboxylic acids is 1. The Morgan fingerprint density at radius 2 is 2.00 bits per heavy atom. The number of nitrogen functional groups attached to an aromatic ring is 1. The van der Waals surface area contributed by atoms with Gasteiger partial charge in [-0.25, -0.2) is 0 Å².